The highest BCUT2D eigenvalue weighted by Gasteiger charge is 2.36. The number of nitrogens with zero attached hydrogens (tertiary/aromatic N) is 1. The zero-order chi connectivity index (χ0) is 18.8. The molecule has 3 rings (SSSR count). The van der Waals surface area contributed by atoms with Crippen LogP contribution in [0.2, 0.25) is 0 Å². The lowest BCUT2D eigenvalue weighted by Gasteiger charge is -2.29. The zero-order valence-electron chi connectivity index (χ0n) is 14.8. The van der Waals surface area contributed by atoms with Gasteiger partial charge < -0.3 is 24.3 Å². The van der Waals surface area contributed by atoms with Crippen LogP contribution in [-0.4, -0.2) is 50.5 Å². The maximum Gasteiger partial charge on any atom is 0.356 e. The second kappa shape index (κ2) is 6.95. The third-order valence-corrected chi connectivity index (χ3v) is 4.31. The molecule has 0 spiro atoms. The molecule has 0 bridgehead atoms. The van der Waals surface area contributed by atoms with Gasteiger partial charge in [-0.05, 0) is 0 Å². The fraction of sp³-hybridized carbons (Fsp3) is 0.353. The van der Waals surface area contributed by atoms with Gasteiger partial charge in [-0.15, -0.1) is 0 Å². The number of amides is 1. The second-order valence-electron chi connectivity index (χ2n) is 5.60. The van der Waals surface area contributed by atoms with Crippen LogP contribution in [0.4, 0.5) is 5.69 Å². The van der Waals surface area contributed by atoms with Crippen LogP contribution < -0.4 is 19.5 Å². The Bertz CT molecular complexity index is 860. The van der Waals surface area contributed by atoms with Gasteiger partial charge in [0.05, 0.1) is 40.3 Å². The number of aromatic nitrogens is 2. The Kier molecular flexibility index (Phi) is 4.70. The summed E-state index contributed by atoms with van der Waals surface area (Å²) in [6.07, 6.45) is 1.62. The van der Waals surface area contributed by atoms with E-state index in [-0.39, 0.29) is 18.0 Å². The SMILES string of the molecule is COC(=O)c1[nH]ncc1C1CC(=O)Nc2cc(OC)c(OC)c(OC)c21. The molecule has 2 heterocycles. The van der Waals surface area contributed by atoms with E-state index < -0.39 is 11.9 Å². The van der Waals surface area contributed by atoms with E-state index in [1.807, 2.05) is 0 Å². The molecule has 9 nitrogen and oxygen atoms in total. The van der Waals surface area contributed by atoms with Gasteiger partial charge in [0.2, 0.25) is 11.7 Å². The standard InChI is InChI=1S/C17H19N3O6/c1-23-11-6-10-13(16(25-3)15(11)24-2)8(5-12(21)19-10)9-7-18-20-14(9)17(22)26-4/h6-8H,5H2,1-4H3,(H,18,20)(H,19,21). The fourth-order valence-corrected chi connectivity index (χ4v) is 3.21. The molecule has 1 aromatic carbocycles. The van der Waals surface area contributed by atoms with Gasteiger partial charge >= 0.3 is 5.97 Å². The lowest BCUT2D eigenvalue weighted by atomic mass is 9.84. The number of nitrogens with one attached hydrogen (secondary N) is 2. The van der Waals surface area contributed by atoms with Crippen molar-refractivity contribution in [2.45, 2.75) is 12.3 Å². The van der Waals surface area contributed by atoms with Crippen LogP contribution in [0.15, 0.2) is 12.3 Å². The summed E-state index contributed by atoms with van der Waals surface area (Å²) in [5.74, 6) is 0.00549. The van der Waals surface area contributed by atoms with Crippen molar-refractivity contribution in [3.05, 3.63) is 29.1 Å². The number of H-pyrrole nitrogens is 1. The average Bonchev–Trinajstić information content (AvgIpc) is 3.14. The maximum absolute atomic E-state index is 12.3. The van der Waals surface area contributed by atoms with Gasteiger partial charge in [0.1, 0.15) is 5.69 Å². The molecule has 1 aliphatic rings. The van der Waals surface area contributed by atoms with Crippen molar-refractivity contribution in [2.24, 2.45) is 0 Å². The molecule has 0 aliphatic carbocycles. The van der Waals surface area contributed by atoms with Crippen LogP contribution in [-0.2, 0) is 9.53 Å². The first-order chi connectivity index (χ1) is 12.5. The minimum atomic E-state index is -0.565. The van der Waals surface area contributed by atoms with Crippen molar-refractivity contribution in [3.8, 4) is 17.2 Å². The molecular weight excluding hydrogens is 342 g/mol. The van der Waals surface area contributed by atoms with Crippen LogP contribution in [0.25, 0.3) is 0 Å². The number of carbonyl (C=O) groups excluding carboxylic acids is 2. The second-order valence-corrected chi connectivity index (χ2v) is 5.60. The van der Waals surface area contributed by atoms with Crippen molar-refractivity contribution < 1.29 is 28.5 Å². The summed E-state index contributed by atoms with van der Waals surface area (Å²) in [5, 5.41) is 9.39. The van der Waals surface area contributed by atoms with Gasteiger partial charge in [-0.3, -0.25) is 9.89 Å². The molecule has 0 saturated heterocycles. The molecule has 1 unspecified atom stereocenters. The van der Waals surface area contributed by atoms with Crippen LogP contribution in [0.5, 0.6) is 17.2 Å². The van der Waals surface area contributed by atoms with Crippen LogP contribution in [0.3, 0.4) is 0 Å². The number of rotatable bonds is 5. The smallest absolute Gasteiger partial charge is 0.356 e. The highest BCUT2D eigenvalue weighted by molar-refractivity contribution is 5.98. The highest BCUT2D eigenvalue weighted by atomic mass is 16.5. The Morgan fingerprint density at radius 1 is 1.15 bits per heavy atom. The van der Waals surface area contributed by atoms with E-state index in [1.165, 1.54) is 34.6 Å². The first kappa shape index (κ1) is 17.6. The van der Waals surface area contributed by atoms with E-state index >= 15 is 0 Å². The number of anilines is 1. The van der Waals surface area contributed by atoms with E-state index in [2.05, 4.69) is 15.5 Å². The van der Waals surface area contributed by atoms with E-state index in [4.69, 9.17) is 18.9 Å². The van der Waals surface area contributed by atoms with Crippen LogP contribution in [0, 0.1) is 0 Å². The van der Waals surface area contributed by atoms with Crippen molar-refractivity contribution in [1.82, 2.24) is 10.2 Å². The van der Waals surface area contributed by atoms with Crippen LogP contribution in [0.1, 0.15) is 34.0 Å². The van der Waals surface area contributed by atoms with Gasteiger partial charge in [0, 0.05) is 29.5 Å². The number of benzene rings is 1. The molecule has 26 heavy (non-hydrogen) atoms. The topological polar surface area (TPSA) is 112 Å². The molecule has 9 heteroatoms. The minimum Gasteiger partial charge on any atom is -0.493 e. The zero-order valence-corrected chi connectivity index (χ0v) is 14.8. The predicted molar refractivity (Wildman–Crippen MR) is 91.1 cm³/mol. The Labute approximate surface area is 149 Å². The molecule has 1 amide bonds. The molecule has 2 aromatic rings. The normalized spacial score (nSPS) is 15.7. The third kappa shape index (κ3) is 2.71. The lowest BCUT2D eigenvalue weighted by Crippen LogP contribution is -2.25. The number of methoxy groups -OCH3 is 4. The monoisotopic (exact) mass is 361 g/mol. The van der Waals surface area contributed by atoms with Gasteiger partial charge in [-0.2, -0.15) is 5.10 Å². The van der Waals surface area contributed by atoms with Crippen molar-refractivity contribution >= 4 is 17.6 Å². The molecule has 0 radical (unpaired) electrons. The molecule has 138 valence electrons. The number of esters is 1. The van der Waals surface area contributed by atoms with E-state index in [1.54, 1.807) is 6.07 Å². The number of fused-ring (bicyclic) bond motifs is 1. The quantitative estimate of drug-likeness (QED) is 0.780. The number of hydrogen-bond acceptors (Lipinski definition) is 7. The Morgan fingerprint density at radius 2 is 1.88 bits per heavy atom. The van der Waals surface area contributed by atoms with Gasteiger partial charge in [0.15, 0.2) is 11.5 Å². The minimum absolute atomic E-state index is 0.113. The van der Waals surface area contributed by atoms with E-state index in [0.717, 1.165) is 0 Å². The van der Waals surface area contributed by atoms with Gasteiger partial charge in [-0.25, -0.2) is 4.79 Å². The summed E-state index contributed by atoms with van der Waals surface area (Å²) in [6, 6.07) is 1.67. The lowest BCUT2D eigenvalue weighted by molar-refractivity contribution is -0.116. The predicted octanol–water partition coefficient (Wildman–Crippen LogP) is 1.70. The third-order valence-electron chi connectivity index (χ3n) is 4.31. The highest BCUT2D eigenvalue weighted by Crippen LogP contribution is 2.51. The van der Waals surface area contributed by atoms with Crippen molar-refractivity contribution in [3.63, 3.8) is 0 Å². The molecule has 0 fully saturated rings. The number of ether oxygens (including phenoxy) is 4. The largest absolute Gasteiger partial charge is 0.493 e. The van der Waals surface area contributed by atoms with Gasteiger partial charge in [-0.1, -0.05) is 0 Å². The molecule has 1 atom stereocenters. The Morgan fingerprint density at radius 3 is 2.50 bits per heavy atom. The summed E-state index contributed by atoms with van der Waals surface area (Å²) in [5.41, 5.74) is 1.93. The summed E-state index contributed by atoms with van der Waals surface area (Å²) in [4.78, 5) is 24.3. The first-order valence-electron chi connectivity index (χ1n) is 7.79. The van der Waals surface area contributed by atoms with Crippen molar-refractivity contribution in [2.75, 3.05) is 33.8 Å². The Balaban J connectivity index is 2.25. The molecule has 1 aromatic heterocycles. The van der Waals surface area contributed by atoms with Gasteiger partial charge in [0.25, 0.3) is 0 Å². The fourth-order valence-electron chi connectivity index (χ4n) is 3.21. The molecule has 1 aliphatic heterocycles. The summed E-state index contributed by atoms with van der Waals surface area (Å²) in [7, 11) is 5.78. The van der Waals surface area contributed by atoms with Crippen molar-refractivity contribution in [1.29, 1.82) is 0 Å². The Hall–Kier alpha value is -3.23. The summed E-state index contributed by atoms with van der Waals surface area (Å²) in [6.45, 7) is 0. The van der Waals surface area contributed by atoms with E-state index in [0.29, 0.717) is 34.1 Å². The van der Waals surface area contributed by atoms with Crippen LogP contribution >= 0.6 is 0 Å². The first-order valence-corrected chi connectivity index (χ1v) is 7.79. The van der Waals surface area contributed by atoms with E-state index in [9.17, 15) is 9.59 Å². The molecule has 2 N–H and O–H groups in total. The average molecular weight is 361 g/mol. The summed E-state index contributed by atoms with van der Waals surface area (Å²) >= 11 is 0. The number of aromatic amines is 1. The summed E-state index contributed by atoms with van der Waals surface area (Å²) < 4.78 is 21.1. The number of hydrogen-bond donors (Lipinski definition) is 2. The number of carbonyl (C=O) groups is 2. The molecule has 0 saturated carbocycles. The maximum atomic E-state index is 12.3. The molecular formula is C17H19N3O6.